The van der Waals surface area contributed by atoms with Crippen LogP contribution in [0.25, 0.3) is 0 Å². The predicted molar refractivity (Wildman–Crippen MR) is 80.9 cm³/mol. The van der Waals surface area contributed by atoms with E-state index in [-0.39, 0.29) is 17.3 Å². The molecular weight excluding hydrogens is 308 g/mol. The SMILES string of the molecule is CC(=O)Nc1ccc(S(=O)(=O)NCC2(O)CCOCC2)cc1. The van der Waals surface area contributed by atoms with Crippen LogP contribution >= 0.6 is 0 Å². The van der Waals surface area contributed by atoms with Gasteiger partial charge in [-0.25, -0.2) is 13.1 Å². The Morgan fingerprint density at radius 3 is 2.41 bits per heavy atom. The summed E-state index contributed by atoms with van der Waals surface area (Å²) < 4.78 is 32.0. The number of rotatable bonds is 5. The second-order valence-electron chi connectivity index (χ2n) is 5.37. The highest BCUT2D eigenvalue weighted by molar-refractivity contribution is 7.89. The van der Waals surface area contributed by atoms with Gasteiger partial charge in [-0.2, -0.15) is 0 Å². The maximum absolute atomic E-state index is 12.2. The molecule has 0 unspecified atom stereocenters. The Bertz CT molecular complexity index is 621. The quantitative estimate of drug-likeness (QED) is 0.728. The molecule has 8 heteroatoms. The van der Waals surface area contributed by atoms with Crippen LogP contribution in [-0.2, 0) is 19.6 Å². The number of hydrogen-bond acceptors (Lipinski definition) is 5. The summed E-state index contributed by atoms with van der Waals surface area (Å²) in [5.74, 6) is -0.226. The maximum Gasteiger partial charge on any atom is 0.240 e. The van der Waals surface area contributed by atoms with Gasteiger partial charge in [0.25, 0.3) is 0 Å². The zero-order chi connectivity index (χ0) is 16.2. The zero-order valence-corrected chi connectivity index (χ0v) is 13.1. The molecule has 1 aliphatic heterocycles. The molecule has 1 fully saturated rings. The van der Waals surface area contributed by atoms with Crippen molar-refractivity contribution in [2.75, 3.05) is 25.1 Å². The van der Waals surface area contributed by atoms with Crippen LogP contribution in [-0.4, -0.2) is 44.8 Å². The van der Waals surface area contributed by atoms with E-state index in [2.05, 4.69) is 10.0 Å². The minimum Gasteiger partial charge on any atom is -0.388 e. The standard InChI is InChI=1S/C14H20N2O5S/c1-11(17)16-12-2-4-13(5-3-12)22(19,20)15-10-14(18)6-8-21-9-7-14/h2-5,15,18H,6-10H2,1H3,(H,16,17). The van der Waals surface area contributed by atoms with Crippen molar-refractivity contribution in [3.63, 3.8) is 0 Å². The lowest BCUT2D eigenvalue weighted by molar-refractivity contribution is -0.114. The lowest BCUT2D eigenvalue weighted by Crippen LogP contribution is -2.46. The molecule has 7 nitrogen and oxygen atoms in total. The number of amides is 1. The van der Waals surface area contributed by atoms with E-state index < -0.39 is 15.6 Å². The summed E-state index contributed by atoms with van der Waals surface area (Å²) in [6.45, 7) is 2.17. The van der Waals surface area contributed by atoms with Gasteiger partial charge in [0.2, 0.25) is 15.9 Å². The van der Waals surface area contributed by atoms with Crippen molar-refractivity contribution >= 4 is 21.6 Å². The summed E-state index contributed by atoms with van der Waals surface area (Å²) >= 11 is 0. The first-order valence-electron chi connectivity index (χ1n) is 6.98. The molecule has 0 aromatic heterocycles. The van der Waals surface area contributed by atoms with E-state index >= 15 is 0 Å². The third-order valence-electron chi connectivity index (χ3n) is 3.50. The number of benzene rings is 1. The Balaban J connectivity index is 2.02. The number of nitrogens with one attached hydrogen (secondary N) is 2. The molecule has 0 spiro atoms. The monoisotopic (exact) mass is 328 g/mol. The van der Waals surface area contributed by atoms with Gasteiger partial charge in [0.05, 0.1) is 10.5 Å². The summed E-state index contributed by atoms with van der Waals surface area (Å²) in [6, 6.07) is 5.83. The minimum atomic E-state index is -3.71. The lowest BCUT2D eigenvalue weighted by atomic mass is 9.95. The highest BCUT2D eigenvalue weighted by atomic mass is 32.2. The predicted octanol–water partition coefficient (Wildman–Crippen LogP) is 0.465. The van der Waals surface area contributed by atoms with E-state index in [0.717, 1.165) is 0 Å². The topological polar surface area (TPSA) is 105 Å². The Kier molecular flexibility index (Phi) is 5.17. The van der Waals surface area contributed by atoms with Gasteiger partial charge in [0.1, 0.15) is 0 Å². The first-order valence-corrected chi connectivity index (χ1v) is 8.47. The van der Waals surface area contributed by atoms with E-state index in [1.165, 1.54) is 31.2 Å². The number of hydrogen-bond donors (Lipinski definition) is 3. The average molecular weight is 328 g/mol. The van der Waals surface area contributed by atoms with Crippen molar-refractivity contribution in [3.8, 4) is 0 Å². The summed E-state index contributed by atoms with van der Waals surface area (Å²) in [4.78, 5) is 11.0. The molecule has 0 bridgehead atoms. The number of sulfonamides is 1. The van der Waals surface area contributed by atoms with E-state index in [1.54, 1.807) is 0 Å². The summed E-state index contributed by atoms with van der Waals surface area (Å²) in [6.07, 6.45) is 0.800. The number of anilines is 1. The lowest BCUT2D eigenvalue weighted by Gasteiger charge is -2.31. The molecular formula is C14H20N2O5S. The number of carbonyl (C=O) groups excluding carboxylic acids is 1. The molecule has 1 amide bonds. The fourth-order valence-corrected chi connectivity index (χ4v) is 3.28. The number of carbonyl (C=O) groups is 1. The van der Waals surface area contributed by atoms with Crippen LogP contribution in [0.3, 0.4) is 0 Å². The Morgan fingerprint density at radius 1 is 1.27 bits per heavy atom. The molecule has 22 heavy (non-hydrogen) atoms. The molecule has 1 saturated heterocycles. The van der Waals surface area contributed by atoms with Crippen molar-refractivity contribution in [2.24, 2.45) is 0 Å². The molecule has 3 N–H and O–H groups in total. The van der Waals surface area contributed by atoms with Gasteiger partial charge in [0, 0.05) is 45.2 Å². The number of aliphatic hydroxyl groups is 1. The molecule has 1 heterocycles. The molecule has 1 aliphatic rings. The average Bonchev–Trinajstić information content (AvgIpc) is 2.46. The fourth-order valence-electron chi connectivity index (χ4n) is 2.16. The number of ether oxygens (including phenoxy) is 1. The Labute approximate surface area is 129 Å². The second-order valence-corrected chi connectivity index (χ2v) is 7.13. The normalized spacial score (nSPS) is 17.9. The van der Waals surface area contributed by atoms with Crippen molar-refractivity contribution in [1.82, 2.24) is 4.72 Å². The fraction of sp³-hybridized carbons (Fsp3) is 0.500. The summed E-state index contributed by atoms with van der Waals surface area (Å²) in [7, 11) is -3.71. The van der Waals surface area contributed by atoms with Gasteiger partial charge in [-0.15, -0.1) is 0 Å². The largest absolute Gasteiger partial charge is 0.388 e. The van der Waals surface area contributed by atoms with Gasteiger partial charge in [-0.1, -0.05) is 0 Å². The Hall–Kier alpha value is -1.48. The molecule has 0 saturated carbocycles. The van der Waals surface area contributed by atoms with Gasteiger partial charge >= 0.3 is 0 Å². The maximum atomic E-state index is 12.2. The van der Waals surface area contributed by atoms with E-state index in [1.807, 2.05) is 0 Å². The molecule has 2 rings (SSSR count). The summed E-state index contributed by atoms with van der Waals surface area (Å²) in [5.41, 5.74) is -0.545. The van der Waals surface area contributed by atoms with Crippen LogP contribution in [0.2, 0.25) is 0 Å². The van der Waals surface area contributed by atoms with E-state index in [4.69, 9.17) is 4.74 Å². The molecule has 0 radical (unpaired) electrons. The van der Waals surface area contributed by atoms with Gasteiger partial charge in [0.15, 0.2) is 0 Å². The molecule has 122 valence electrons. The van der Waals surface area contributed by atoms with Crippen LogP contribution in [0.4, 0.5) is 5.69 Å². The first-order chi connectivity index (χ1) is 10.3. The summed E-state index contributed by atoms with van der Waals surface area (Å²) in [5, 5.41) is 12.8. The van der Waals surface area contributed by atoms with Gasteiger partial charge in [-0.3, -0.25) is 4.79 Å². The molecule has 0 atom stereocenters. The van der Waals surface area contributed by atoms with Crippen molar-refractivity contribution in [3.05, 3.63) is 24.3 Å². The van der Waals surface area contributed by atoms with Crippen LogP contribution in [0.5, 0.6) is 0 Å². The highest BCUT2D eigenvalue weighted by Gasteiger charge is 2.31. The minimum absolute atomic E-state index is 0.0495. The van der Waals surface area contributed by atoms with Crippen molar-refractivity contribution in [2.45, 2.75) is 30.3 Å². The van der Waals surface area contributed by atoms with Crippen LogP contribution in [0, 0.1) is 0 Å². The zero-order valence-electron chi connectivity index (χ0n) is 12.3. The highest BCUT2D eigenvalue weighted by Crippen LogP contribution is 2.20. The van der Waals surface area contributed by atoms with Crippen LogP contribution in [0.1, 0.15) is 19.8 Å². The van der Waals surface area contributed by atoms with Crippen LogP contribution < -0.4 is 10.0 Å². The third kappa shape index (κ3) is 4.51. The molecule has 1 aromatic carbocycles. The van der Waals surface area contributed by atoms with Crippen LogP contribution in [0.15, 0.2) is 29.2 Å². The third-order valence-corrected chi connectivity index (χ3v) is 4.92. The van der Waals surface area contributed by atoms with Crippen molar-refractivity contribution < 1.29 is 23.1 Å². The Morgan fingerprint density at radius 2 is 1.86 bits per heavy atom. The first kappa shape index (κ1) is 16.9. The van der Waals surface area contributed by atoms with Gasteiger partial charge in [-0.05, 0) is 24.3 Å². The van der Waals surface area contributed by atoms with E-state index in [9.17, 15) is 18.3 Å². The smallest absolute Gasteiger partial charge is 0.240 e. The van der Waals surface area contributed by atoms with E-state index in [0.29, 0.717) is 31.7 Å². The molecule has 0 aliphatic carbocycles. The second kappa shape index (κ2) is 6.74. The van der Waals surface area contributed by atoms with Crippen molar-refractivity contribution in [1.29, 1.82) is 0 Å². The molecule has 1 aromatic rings. The van der Waals surface area contributed by atoms with Gasteiger partial charge < -0.3 is 15.2 Å².